The molecule has 2 amide bonds. The zero-order valence-electron chi connectivity index (χ0n) is 26.2. The summed E-state index contributed by atoms with van der Waals surface area (Å²) in [6.07, 6.45) is 4.20. The highest BCUT2D eigenvalue weighted by Crippen LogP contribution is 2.63. The zero-order valence-corrected chi connectivity index (χ0v) is 28.3. The van der Waals surface area contributed by atoms with E-state index >= 15 is 4.79 Å². The Bertz CT molecular complexity index is 2070. The van der Waals surface area contributed by atoms with Crippen LogP contribution >= 0.6 is 22.6 Å². The number of ketones is 2. The number of aryl methyl sites for hydroxylation is 1. The number of imide groups is 1. The van der Waals surface area contributed by atoms with Crippen LogP contribution in [0.4, 0.5) is 5.69 Å². The summed E-state index contributed by atoms with van der Waals surface area (Å²) in [5.41, 5.74) is 3.37. The van der Waals surface area contributed by atoms with Gasteiger partial charge in [0.1, 0.15) is 5.75 Å². The molecule has 0 spiro atoms. The quantitative estimate of drug-likeness (QED) is 0.134. The maximum Gasteiger partial charge on any atom is 0.238 e. The van der Waals surface area contributed by atoms with Crippen LogP contribution in [0.15, 0.2) is 121 Å². The van der Waals surface area contributed by atoms with Gasteiger partial charge in [-0.2, -0.15) is 0 Å². The van der Waals surface area contributed by atoms with E-state index in [1.54, 1.807) is 18.2 Å². The van der Waals surface area contributed by atoms with Crippen molar-refractivity contribution in [3.63, 3.8) is 0 Å². The third kappa shape index (κ3) is 4.43. The predicted octanol–water partition coefficient (Wildman–Crippen LogP) is 7.33. The number of aromatic hydroxyl groups is 1. The second-order valence-corrected chi connectivity index (χ2v) is 14.6. The molecule has 0 aromatic heterocycles. The molecular formula is C41H32INO5. The average molecular weight is 746 g/mol. The van der Waals surface area contributed by atoms with E-state index in [4.69, 9.17) is 0 Å². The maximum atomic E-state index is 15.1. The van der Waals surface area contributed by atoms with Crippen molar-refractivity contribution in [3.05, 3.63) is 147 Å². The number of fused-ring (bicyclic) bond motifs is 4. The van der Waals surface area contributed by atoms with E-state index in [0.29, 0.717) is 28.8 Å². The fourth-order valence-corrected chi connectivity index (χ4v) is 9.31. The Balaban J connectivity index is 1.36. The number of hydrogen-bond donors (Lipinski definition) is 1. The topological polar surface area (TPSA) is 91.8 Å². The molecule has 4 aliphatic rings. The molecule has 4 aromatic carbocycles. The zero-order chi connectivity index (χ0) is 33.3. The lowest BCUT2D eigenvalue weighted by molar-refractivity contribution is -0.135. The van der Waals surface area contributed by atoms with Crippen molar-refractivity contribution in [2.75, 3.05) is 4.90 Å². The molecule has 1 saturated carbocycles. The van der Waals surface area contributed by atoms with Crippen molar-refractivity contribution in [3.8, 4) is 5.75 Å². The average Bonchev–Trinajstić information content (AvgIpc) is 3.36. The van der Waals surface area contributed by atoms with Crippen molar-refractivity contribution in [2.24, 2.45) is 23.7 Å². The summed E-state index contributed by atoms with van der Waals surface area (Å²) in [4.78, 5) is 59.8. The van der Waals surface area contributed by atoms with Crippen molar-refractivity contribution in [2.45, 2.75) is 31.1 Å². The van der Waals surface area contributed by atoms with E-state index in [9.17, 15) is 19.5 Å². The third-order valence-corrected chi connectivity index (χ3v) is 11.7. The minimum absolute atomic E-state index is 0.135. The van der Waals surface area contributed by atoms with Gasteiger partial charge in [-0.3, -0.25) is 24.1 Å². The van der Waals surface area contributed by atoms with E-state index in [-0.39, 0.29) is 35.6 Å². The summed E-state index contributed by atoms with van der Waals surface area (Å²) >= 11 is 2.20. The van der Waals surface area contributed by atoms with Crippen LogP contribution in [-0.4, -0.2) is 28.5 Å². The van der Waals surface area contributed by atoms with E-state index in [0.717, 1.165) is 20.3 Å². The summed E-state index contributed by atoms with van der Waals surface area (Å²) in [5.74, 6) is -3.74. The van der Waals surface area contributed by atoms with Gasteiger partial charge in [-0.05, 0) is 107 Å². The van der Waals surface area contributed by atoms with Crippen LogP contribution in [0.2, 0.25) is 0 Å². The fourth-order valence-electron chi connectivity index (χ4n) is 8.95. The molecule has 7 heteroatoms. The molecule has 1 aliphatic heterocycles. The number of nitrogens with zero attached hydrogens (tertiary/aromatic N) is 1. The predicted molar refractivity (Wildman–Crippen MR) is 191 cm³/mol. The summed E-state index contributed by atoms with van der Waals surface area (Å²) < 4.78 is 0.996. The number of phenolic OH excluding ortho intramolecular Hbond substituents is 1. The number of carbonyl (C=O) groups is 4. The third-order valence-electron chi connectivity index (χ3n) is 11.0. The van der Waals surface area contributed by atoms with Gasteiger partial charge in [0.25, 0.3) is 0 Å². The Morgan fingerprint density at radius 1 is 0.812 bits per heavy atom. The number of allylic oxidation sites excluding steroid dienone is 4. The molecule has 0 radical (unpaired) electrons. The molecule has 1 saturated heterocycles. The highest BCUT2D eigenvalue weighted by Gasteiger charge is 2.66. The van der Waals surface area contributed by atoms with Gasteiger partial charge in [0, 0.05) is 21.0 Å². The van der Waals surface area contributed by atoms with Gasteiger partial charge in [-0.1, -0.05) is 84.4 Å². The summed E-state index contributed by atoms with van der Waals surface area (Å²) in [5, 5.41) is 10.6. The lowest BCUT2D eigenvalue weighted by Crippen LogP contribution is -2.58. The number of carbonyl (C=O) groups excluding carboxylic acids is 4. The summed E-state index contributed by atoms with van der Waals surface area (Å²) in [7, 11) is 0. The van der Waals surface area contributed by atoms with E-state index < -0.39 is 35.0 Å². The highest BCUT2D eigenvalue weighted by molar-refractivity contribution is 14.1. The number of Topliss-reactive ketones (excluding diaryl/α,β-unsaturated/α-hetero) is 1. The Morgan fingerprint density at radius 3 is 2.19 bits per heavy atom. The second kappa shape index (κ2) is 11.5. The molecule has 238 valence electrons. The smallest absolute Gasteiger partial charge is 0.238 e. The summed E-state index contributed by atoms with van der Waals surface area (Å²) in [6, 6.07) is 31.5. The second-order valence-electron chi connectivity index (χ2n) is 13.3. The van der Waals surface area contributed by atoms with Gasteiger partial charge >= 0.3 is 0 Å². The molecular weight excluding hydrogens is 713 g/mol. The molecule has 1 heterocycles. The molecule has 48 heavy (non-hydrogen) atoms. The number of hydrogen-bond acceptors (Lipinski definition) is 5. The SMILES string of the molecule is Cc1cc([C@H]2C3=CC[C@@H]4C(=O)N(c5ccc(I)cc5)C(=O)[C@@H]4[C@@H]3C[C@H]3C(=O)C(c4ccccc4)=CC(=O)[C@@]23c2ccccc2)ccc1O. The van der Waals surface area contributed by atoms with Gasteiger partial charge in [0.15, 0.2) is 11.6 Å². The standard InChI is InChI=1S/C41H32INO5/c1-23-20-25(12-19-34(23)44)37-29-17-18-30-36(40(48)43(39(30)47)28-15-13-27(42)14-16-28)32(29)21-33-38(46)31(24-8-4-2-5-9-24)22-35(45)41(33,37)26-10-6-3-7-11-26/h2-17,19-20,22,30,32-33,36-37,44H,18,21H2,1H3/t30-,32+,33-,36-,37-,41-/m0/s1. The lowest BCUT2D eigenvalue weighted by Gasteiger charge is -2.55. The fraction of sp³-hybridized carbons (Fsp3) is 0.220. The number of benzene rings is 4. The van der Waals surface area contributed by atoms with Gasteiger partial charge in [-0.15, -0.1) is 0 Å². The minimum atomic E-state index is -1.29. The first-order valence-corrected chi connectivity index (χ1v) is 17.3. The number of rotatable bonds is 4. The first kappa shape index (κ1) is 30.7. The molecule has 8 rings (SSSR count). The van der Waals surface area contributed by atoms with Gasteiger partial charge < -0.3 is 5.11 Å². The first-order chi connectivity index (χ1) is 23.2. The molecule has 0 bridgehead atoms. The monoisotopic (exact) mass is 745 g/mol. The van der Waals surface area contributed by atoms with Gasteiger partial charge in [0.05, 0.1) is 22.9 Å². The maximum absolute atomic E-state index is 15.1. The molecule has 3 aliphatic carbocycles. The first-order valence-electron chi connectivity index (χ1n) is 16.3. The lowest BCUT2D eigenvalue weighted by atomic mass is 9.44. The van der Waals surface area contributed by atoms with Crippen LogP contribution in [-0.2, 0) is 24.6 Å². The molecule has 6 nitrogen and oxygen atoms in total. The normalized spacial score (nSPS) is 28.0. The van der Waals surface area contributed by atoms with Crippen molar-refractivity contribution < 1.29 is 24.3 Å². The van der Waals surface area contributed by atoms with Crippen LogP contribution in [0.5, 0.6) is 5.75 Å². The Labute approximate surface area is 292 Å². The van der Waals surface area contributed by atoms with Crippen molar-refractivity contribution in [1.82, 2.24) is 0 Å². The van der Waals surface area contributed by atoms with E-state index in [1.807, 2.05) is 91.9 Å². The van der Waals surface area contributed by atoms with Gasteiger partial charge in [0.2, 0.25) is 11.8 Å². The van der Waals surface area contributed by atoms with Crippen LogP contribution in [0, 0.1) is 34.2 Å². The largest absolute Gasteiger partial charge is 0.508 e. The Morgan fingerprint density at radius 2 is 1.50 bits per heavy atom. The van der Waals surface area contributed by atoms with E-state index in [2.05, 4.69) is 28.7 Å². The molecule has 6 atom stereocenters. The van der Waals surface area contributed by atoms with Crippen molar-refractivity contribution >= 4 is 57.2 Å². The van der Waals surface area contributed by atoms with Gasteiger partial charge in [-0.25, -0.2) is 0 Å². The van der Waals surface area contributed by atoms with Crippen LogP contribution in [0.1, 0.15) is 41.0 Å². The molecule has 1 N–H and O–H groups in total. The Hall–Kier alpha value is -4.63. The van der Waals surface area contributed by atoms with Crippen LogP contribution in [0.3, 0.4) is 0 Å². The minimum Gasteiger partial charge on any atom is -0.508 e. The summed E-state index contributed by atoms with van der Waals surface area (Å²) in [6.45, 7) is 1.82. The van der Waals surface area contributed by atoms with Crippen molar-refractivity contribution in [1.29, 1.82) is 0 Å². The Kier molecular flexibility index (Phi) is 7.36. The van der Waals surface area contributed by atoms with Crippen LogP contribution < -0.4 is 4.90 Å². The number of anilines is 1. The number of halogens is 1. The highest BCUT2D eigenvalue weighted by atomic mass is 127. The molecule has 2 fully saturated rings. The molecule has 4 aromatic rings. The molecule has 0 unspecified atom stereocenters. The number of phenols is 1. The van der Waals surface area contributed by atoms with E-state index in [1.165, 1.54) is 11.0 Å². The number of amides is 2. The van der Waals surface area contributed by atoms with Crippen LogP contribution in [0.25, 0.3) is 5.57 Å².